The van der Waals surface area contributed by atoms with Crippen molar-refractivity contribution in [3.63, 3.8) is 0 Å². The molecule has 0 aliphatic rings. The highest BCUT2D eigenvalue weighted by molar-refractivity contribution is 5.80. The zero-order valence-corrected chi connectivity index (χ0v) is 19.5. The van der Waals surface area contributed by atoms with Gasteiger partial charge < -0.3 is 4.90 Å². The normalized spacial score (nSPS) is 11.2. The molecule has 0 radical (unpaired) electrons. The number of unbranched alkanes of at least 4 members (excludes halogenated alkanes) is 1. The van der Waals surface area contributed by atoms with E-state index in [0.717, 1.165) is 66.2 Å². The van der Waals surface area contributed by atoms with E-state index in [2.05, 4.69) is 80.9 Å². The van der Waals surface area contributed by atoms with Crippen LogP contribution in [-0.2, 0) is 13.0 Å². The molecule has 34 heavy (non-hydrogen) atoms. The molecule has 0 unspecified atom stereocenters. The second kappa shape index (κ2) is 9.82. The molecule has 0 aliphatic carbocycles. The first-order valence-electron chi connectivity index (χ1n) is 11.8. The summed E-state index contributed by atoms with van der Waals surface area (Å²) < 4.78 is 1.95. The van der Waals surface area contributed by atoms with Gasteiger partial charge in [0.25, 0.3) is 0 Å². The first kappa shape index (κ1) is 21.8. The minimum absolute atomic E-state index is 0.665. The van der Waals surface area contributed by atoms with E-state index >= 15 is 0 Å². The lowest BCUT2D eigenvalue weighted by atomic mass is 9.98. The lowest BCUT2D eigenvalue weighted by Crippen LogP contribution is -2.26. The number of tetrazole rings is 1. The molecule has 0 spiro atoms. The van der Waals surface area contributed by atoms with Gasteiger partial charge in [0.05, 0.1) is 6.20 Å². The zero-order chi connectivity index (χ0) is 23.3. The minimum atomic E-state index is 0.665. The van der Waals surface area contributed by atoms with Crippen LogP contribution < -0.4 is 4.90 Å². The topological polar surface area (TPSA) is 87.9 Å². The molecule has 0 fully saturated rings. The SMILES string of the molecule is CCCCN(Cc1ccc(-c2ccccc2-c2nnn[nH]2)cc1)c1cc(CC)nc2ccnn12. The molecule has 172 valence electrons. The summed E-state index contributed by atoms with van der Waals surface area (Å²) in [4.78, 5) is 7.13. The number of H-pyrrole nitrogens is 1. The van der Waals surface area contributed by atoms with Crippen molar-refractivity contribution < 1.29 is 0 Å². The second-order valence-electron chi connectivity index (χ2n) is 8.33. The summed E-state index contributed by atoms with van der Waals surface area (Å²) in [6.45, 7) is 6.13. The van der Waals surface area contributed by atoms with E-state index in [4.69, 9.17) is 4.98 Å². The fraction of sp³-hybridized carbons (Fsp3) is 0.269. The summed E-state index contributed by atoms with van der Waals surface area (Å²) >= 11 is 0. The molecule has 0 bridgehead atoms. The number of benzene rings is 2. The van der Waals surface area contributed by atoms with Crippen molar-refractivity contribution in [3.8, 4) is 22.5 Å². The molecular formula is C26H28N8. The lowest BCUT2D eigenvalue weighted by Gasteiger charge is -2.26. The number of fused-ring (bicyclic) bond motifs is 1. The Kier molecular flexibility index (Phi) is 6.29. The van der Waals surface area contributed by atoms with Gasteiger partial charge in [0.1, 0.15) is 5.82 Å². The van der Waals surface area contributed by atoms with Gasteiger partial charge in [-0.3, -0.25) is 0 Å². The van der Waals surface area contributed by atoms with Crippen LogP contribution in [0.2, 0.25) is 0 Å². The number of hydrogen-bond acceptors (Lipinski definition) is 6. The Balaban J connectivity index is 1.45. The Morgan fingerprint density at radius 1 is 0.971 bits per heavy atom. The molecule has 8 nitrogen and oxygen atoms in total. The van der Waals surface area contributed by atoms with Gasteiger partial charge in [0.2, 0.25) is 0 Å². The first-order valence-corrected chi connectivity index (χ1v) is 11.8. The van der Waals surface area contributed by atoms with Crippen molar-refractivity contribution in [2.75, 3.05) is 11.4 Å². The predicted octanol–water partition coefficient (Wildman–Crippen LogP) is 4.95. The average molecular weight is 453 g/mol. The summed E-state index contributed by atoms with van der Waals surface area (Å²) in [5.41, 5.74) is 6.42. The van der Waals surface area contributed by atoms with Crippen LogP contribution in [-0.4, -0.2) is 41.8 Å². The largest absolute Gasteiger partial charge is 0.352 e. The molecule has 0 aliphatic heterocycles. The zero-order valence-electron chi connectivity index (χ0n) is 19.5. The van der Waals surface area contributed by atoms with Crippen LogP contribution in [0.15, 0.2) is 66.9 Å². The van der Waals surface area contributed by atoms with Crippen LogP contribution >= 0.6 is 0 Å². The van der Waals surface area contributed by atoms with Crippen molar-refractivity contribution >= 4 is 11.5 Å². The Hall–Kier alpha value is -4.07. The highest BCUT2D eigenvalue weighted by Crippen LogP contribution is 2.30. The molecule has 0 saturated heterocycles. The third-order valence-corrected chi connectivity index (χ3v) is 6.03. The van der Waals surface area contributed by atoms with E-state index < -0.39 is 0 Å². The molecular weight excluding hydrogens is 424 g/mol. The van der Waals surface area contributed by atoms with E-state index in [1.54, 1.807) is 0 Å². The number of nitrogens with zero attached hydrogens (tertiary/aromatic N) is 7. The van der Waals surface area contributed by atoms with Gasteiger partial charge in [-0.2, -0.15) is 9.61 Å². The molecule has 0 amide bonds. The highest BCUT2D eigenvalue weighted by atomic mass is 15.5. The Bertz CT molecular complexity index is 1360. The maximum Gasteiger partial charge on any atom is 0.180 e. The van der Waals surface area contributed by atoms with Crippen LogP contribution in [0.1, 0.15) is 37.9 Å². The molecule has 1 N–H and O–H groups in total. The van der Waals surface area contributed by atoms with E-state index in [9.17, 15) is 0 Å². The van der Waals surface area contributed by atoms with Crippen molar-refractivity contribution in [2.24, 2.45) is 0 Å². The second-order valence-corrected chi connectivity index (χ2v) is 8.33. The first-order chi connectivity index (χ1) is 16.8. The lowest BCUT2D eigenvalue weighted by molar-refractivity contribution is 0.692. The van der Waals surface area contributed by atoms with Gasteiger partial charge in [0.15, 0.2) is 11.5 Å². The number of aromatic amines is 1. The van der Waals surface area contributed by atoms with Gasteiger partial charge in [0, 0.05) is 36.5 Å². The van der Waals surface area contributed by atoms with Crippen LogP contribution in [0.4, 0.5) is 5.82 Å². The van der Waals surface area contributed by atoms with Gasteiger partial charge >= 0.3 is 0 Å². The molecule has 8 heteroatoms. The smallest absolute Gasteiger partial charge is 0.180 e. The Morgan fingerprint density at radius 2 is 1.79 bits per heavy atom. The fourth-order valence-corrected chi connectivity index (χ4v) is 4.20. The van der Waals surface area contributed by atoms with Gasteiger partial charge in [-0.1, -0.05) is 68.8 Å². The summed E-state index contributed by atoms with van der Waals surface area (Å²) in [6, 6.07) is 21.0. The van der Waals surface area contributed by atoms with Crippen LogP contribution in [0.5, 0.6) is 0 Å². The maximum atomic E-state index is 4.72. The van der Waals surface area contributed by atoms with Crippen molar-refractivity contribution in [1.82, 2.24) is 35.2 Å². The number of anilines is 1. The average Bonchev–Trinajstić information content (AvgIpc) is 3.59. The van der Waals surface area contributed by atoms with Crippen LogP contribution in [0.25, 0.3) is 28.2 Å². The monoisotopic (exact) mass is 452 g/mol. The number of aromatic nitrogens is 7. The number of aryl methyl sites for hydroxylation is 1. The summed E-state index contributed by atoms with van der Waals surface area (Å²) in [6.07, 6.45) is 4.96. The maximum absolute atomic E-state index is 4.72. The third-order valence-electron chi connectivity index (χ3n) is 6.03. The molecule has 3 heterocycles. The van der Waals surface area contributed by atoms with E-state index in [0.29, 0.717) is 5.82 Å². The van der Waals surface area contributed by atoms with Gasteiger partial charge in [-0.15, -0.1) is 5.10 Å². The van der Waals surface area contributed by atoms with Crippen LogP contribution in [0.3, 0.4) is 0 Å². The molecule has 0 saturated carbocycles. The number of hydrogen-bond donors (Lipinski definition) is 1. The van der Waals surface area contributed by atoms with Crippen molar-refractivity contribution in [3.05, 3.63) is 78.1 Å². The molecule has 2 aromatic carbocycles. The standard InChI is InChI=1S/C26H28N8/c1-3-5-16-33(25-17-21(4-2)28-24-14-15-27-34(24)25)18-19-10-12-20(13-11-19)22-8-6-7-9-23(22)26-29-31-32-30-26/h6-15,17H,3-5,16,18H2,1-2H3,(H,29,30,31,32). The molecule has 5 rings (SSSR count). The summed E-state index contributed by atoms with van der Waals surface area (Å²) in [5.74, 6) is 1.76. The van der Waals surface area contributed by atoms with Crippen molar-refractivity contribution in [1.29, 1.82) is 0 Å². The number of nitrogens with one attached hydrogen (secondary N) is 1. The van der Waals surface area contributed by atoms with Gasteiger partial charge in [-0.25, -0.2) is 10.1 Å². The van der Waals surface area contributed by atoms with Gasteiger partial charge in [-0.05, 0) is 40.0 Å². The summed E-state index contributed by atoms with van der Waals surface area (Å²) in [7, 11) is 0. The van der Waals surface area contributed by atoms with E-state index in [-0.39, 0.29) is 0 Å². The predicted molar refractivity (Wildman–Crippen MR) is 133 cm³/mol. The highest BCUT2D eigenvalue weighted by Gasteiger charge is 2.15. The third kappa shape index (κ3) is 4.39. The van der Waals surface area contributed by atoms with E-state index in [1.807, 2.05) is 35.0 Å². The Labute approximate surface area is 198 Å². The van der Waals surface area contributed by atoms with Crippen molar-refractivity contribution in [2.45, 2.75) is 39.7 Å². The fourth-order valence-electron chi connectivity index (χ4n) is 4.20. The minimum Gasteiger partial charge on any atom is -0.352 e. The van der Waals surface area contributed by atoms with Crippen LogP contribution in [0, 0.1) is 0 Å². The Morgan fingerprint density at radius 3 is 2.53 bits per heavy atom. The number of rotatable bonds is 9. The molecule has 0 atom stereocenters. The molecule has 5 aromatic rings. The quantitative estimate of drug-likeness (QED) is 0.341. The summed E-state index contributed by atoms with van der Waals surface area (Å²) in [5, 5.41) is 19.0. The molecule has 3 aromatic heterocycles. The van der Waals surface area contributed by atoms with E-state index in [1.165, 1.54) is 5.56 Å².